The number of allylic oxidation sites excluding steroid dienone is 1. The Hall–Kier alpha value is -0.540. The summed E-state index contributed by atoms with van der Waals surface area (Å²) in [6, 6.07) is 0. The van der Waals surface area contributed by atoms with Crippen LogP contribution in [0.1, 0.15) is 32.6 Å². The Morgan fingerprint density at radius 2 is 1.71 bits per heavy atom. The van der Waals surface area contributed by atoms with Crippen molar-refractivity contribution in [2.45, 2.75) is 32.6 Å². The summed E-state index contributed by atoms with van der Waals surface area (Å²) in [7, 11) is 0. The molecule has 0 saturated heterocycles. The zero-order valence-corrected chi connectivity index (χ0v) is 9.26. The molecule has 3 nitrogen and oxygen atoms in total. The van der Waals surface area contributed by atoms with E-state index in [2.05, 4.69) is 10.6 Å². The van der Waals surface area contributed by atoms with Crippen LogP contribution in [-0.2, 0) is 0 Å². The molecule has 0 radical (unpaired) electrons. The van der Waals surface area contributed by atoms with Crippen LogP contribution in [0.4, 0.5) is 0 Å². The van der Waals surface area contributed by atoms with Gasteiger partial charge in [0.15, 0.2) is 0 Å². The Morgan fingerprint density at radius 3 is 2.43 bits per heavy atom. The zero-order valence-electron chi connectivity index (χ0n) is 9.26. The molecule has 0 rings (SSSR count). The van der Waals surface area contributed by atoms with E-state index in [1.807, 2.05) is 19.2 Å². The molecule has 84 valence electrons. The Morgan fingerprint density at radius 1 is 1.00 bits per heavy atom. The lowest BCUT2D eigenvalue weighted by atomic mass is 10.2. The molecular weight excluding hydrogens is 176 g/mol. The average molecular weight is 200 g/mol. The molecule has 0 saturated carbocycles. The second kappa shape index (κ2) is 12.5. The largest absolute Gasteiger partial charge is 0.396 e. The van der Waals surface area contributed by atoms with Crippen molar-refractivity contribution in [1.82, 2.24) is 10.6 Å². The van der Waals surface area contributed by atoms with Gasteiger partial charge < -0.3 is 15.7 Å². The number of unbranched alkanes of at least 4 members (excludes halogenated alkanes) is 2. The molecule has 0 unspecified atom stereocenters. The summed E-state index contributed by atoms with van der Waals surface area (Å²) in [5.41, 5.74) is 0. The Labute approximate surface area is 87.6 Å². The number of hydrogen-bond donors (Lipinski definition) is 3. The highest BCUT2D eigenvalue weighted by atomic mass is 16.3. The predicted octanol–water partition coefficient (Wildman–Crippen LogP) is 1.25. The first-order chi connectivity index (χ1) is 6.91. The second-order valence-electron chi connectivity index (χ2n) is 3.34. The molecule has 0 bridgehead atoms. The highest BCUT2D eigenvalue weighted by Crippen LogP contribution is 1.92. The van der Waals surface area contributed by atoms with E-state index in [4.69, 9.17) is 5.11 Å². The molecule has 14 heavy (non-hydrogen) atoms. The molecule has 3 heteroatoms. The van der Waals surface area contributed by atoms with E-state index in [9.17, 15) is 0 Å². The minimum absolute atomic E-state index is 0.292. The molecule has 0 heterocycles. The molecule has 0 aliphatic heterocycles. The first-order valence-corrected chi connectivity index (χ1v) is 5.58. The van der Waals surface area contributed by atoms with Gasteiger partial charge in [0.05, 0.1) is 0 Å². The molecule has 0 aromatic heterocycles. The van der Waals surface area contributed by atoms with Crippen LogP contribution in [-0.4, -0.2) is 31.3 Å². The molecule has 0 aromatic rings. The zero-order chi connectivity index (χ0) is 10.5. The van der Waals surface area contributed by atoms with Crippen molar-refractivity contribution in [1.29, 1.82) is 0 Å². The van der Waals surface area contributed by atoms with E-state index in [1.54, 1.807) is 0 Å². The number of rotatable bonds is 10. The maximum atomic E-state index is 8.53. The normalized spacial score (nSPS) is 11.0. The van der Waals surface area contributed by atoms with Crippen molar-refractivity contribution < 1.29 is 5.11 Å². The third kappa shape index (κ3) is 11.5. The van der Waals surface area contributed by atoms with Gasteiger partial charge in [-0.2, -0.15) is 0 Å². The summed E-state index contributed by atoms with van der Waals surface area (Å²) < 4.78 is 0. The lowest BCUT2D eigenvalue weighted by Gasteiger charge is -2.03. The number of nitrogens with one attached hydrogen (secondary N) is 2. The third-order valence-electron chi connectivity index (χ3n) is 1.97. The fourth-order valence-electron chi connectivity index (χ4n) is 1.18. The molecule has 0 amide bonds. The fraction of sp³-hybridized carbons (Fsp3) is 0.818. The number of hydrogen-bond acceptors (Lipinski definition) is 3. The Kier molecular flexibility index (Phi) is 12.0. The minimum Gasteiger partial charge on any atom is -0.396 e. The van der Waals surface area contributed by atoms with Gasteiger partial charge in [-0.05, 0) is 45.5 Å². The van der Waals surface area contributed by atoms with Crippen LogP contribution in [0.3, 0.4) is 0 Å². The van der Waals surface area contributed by atoms with Crippen molar-refractivity contribution in [3.63, 3.8) is 0 Å². The van der Waals surface area contributed by atoms with Crippen LogP contribution < -0.4 is 10.6 Å². The summed E-state index contributed by atoms with van der Waals surface area (Å²) >= 11 is 0. The highest BCUT2D eigenvalue weighted by molar-refractivity contribution is 4.73. The Balaban J connectivity index is 2.85. The smallest absolute Gasteiger partial charge is 0.0443 e. The van der Waals surface area contributed by atoms with E-state index in [-0.39, 0.29) is 0 Å². The maximum absolute atomic E-state index is 8.53. The fourth-order valence-corrected chi connectivity index (χ4v) is 1.18. The highest BCUT2D eigenvalue weighted by Gasteiger charge is 1.88. The Bertz CT molecular complexity index is 126. The van der Waals surface area contributed by atoms with Crippen molar-refractivity contribution >= 4 is 0 Å². The molecule has 0 spiro atoms. The SMILES string of the molecule is C/C=C/NCCCCCNCCCO. The van der Waals surface area contributed by atoms with Gasteiger partial charge in [0.1, 0.15) is 0 Å². The van der Waals surface area contributed by atoms with E-state index in [1.165, 1.54) is 19.3 Å². The van der Waals surface area contributed by atoms with Crippen LogP contribution in [0, 0.1) is 0 Å². The van der Waals surface area contributed by atoms with Gasteiger partial charge >= 0.3 is 0 Å². The third-order valence-corrected chi connectivity index (χ3v) is 1.97. The topological polar surface area (TPSA) is 44.3 Å². The van der Waals surface area contributed by atoms with Crippen molar-refractivity contribution in [2.75, 3.05) is 26.2 Å². The molecular formula is C11H24N2O. The number of aliphatic hydroxyl groups excluding tert-OH is 1. The van der Waals surface area contributed by atoms with Gasteiger partial charge in [-0.1, -0.05) is 12.5 Å². The monoisotopic (exact) mass is 200 g/mol. The molecule has 0 aliphatic rings. The molecule has 0 atom stereocenters. The lowest BCUT2D eigenvalue weighted by Crippen LogP contribution is -2.17. The van der Waals surface area contributed by atoms with Gasteiger partial charge in [0.25, 0.3) is 0 Å². The summed E-state index contributed by atoms with van der Waals surface area (Å²) in [5.74, 6) is 0. The van der Waals surface area contributed by atoms with Crippen molar-refractivity contribution in [3.05, 3.63) is 12.3 Å². The first kappa shape index (κ1) is 13.5. The van der Waals surface area contributed by atoms with Gasteiger partial charge in [0.2, 0.25) is 0 Å². The van der Waals surface area contributed by atoms with E-state index in [0.29, 0.717) is 6.61 Å². The average Bonchev–Trinajstić information content (AvgIpc) is 2.21. The van der Waals surface area contributed by atoms with Gasteiger partial charge in [-0.25, -0.2) is 0 Å². The summed E-state index contributed by atoms with van der Waals surface area (Å²) in [6.07, 6.45) is 8.57. The number of aliphatic hydroxyl groups is 1. The molecule has 0 aliphatic carbocycles. The van der Waals surface area contributed by atoms with Crippen molar-refractivity contribution in [2.24, 2.45) is 0 Å². The molecule has 0 aromatic carbocycles. The van der Waals surface area contributed by atoms with Crippen LogP contribution >= 0.6 is 0 Å². The van der Waals surface area contributed by atoms with E-state index in [0.717, 1.165) is 26.1 Å². The predicted molar refractivity (Wildman–Crippen MR) is 61.2 cm³/mol. The van der Waals surface area contributed by atoms with Gasteiger partial charge in [-0.3, -0.25) is 0 Å². The van der Waals surface area contributed by atoms with Gasteiger partial charge in [-0.15, -0.1) is 0 Å². The maximum Gasteiger partial charge on any atom is 0.0443 e. The molecule has 0 fully saturated rings. The second-order valence-corrected chi connectivity index (χ2v) is 3.34. The minimum atomic E-state index is 0.292. The summed E-state index contributed by atoms with van der Waals surface area (Å²) in [4.78, 5) is 0. The quantitative estimate of drug-likeness (QED) is 0.465. The van der Waals surface area contributed by atoms with Gasteiger partial charge in [0, 0.05) is 13.2 Å². The first-order valence-electron chi connectivity index (χ1n) is 5.58. The summed E-state index contributed by atoms with van der Waals surface area (Å²) in [6.45, 7) is 5.39. The molecule has 3 N–H and O–H groups in total. The van der Waals surface area contributed by atoms with E-state index < -0.39 is 0 Å². The standard InChI is InChI=1S/C11H24N2O/c1-2-7-12-8-4-3-5-9-13-10-6-11-14/h2,7,12-14H,3-6,8-11H2,1H3/b7-2+. The van der Waals surface area contributed by atoms with E-state index >= 15 is 0 Å². The van der Waals surface area contributed by atoms with Crippen LogP contribution in [0.5, 0.6) is 0 Å². The summed E-state index contributed by atoms with van der Waals surface area (Å²) in [5, 5.41) is 15.0. The van der Waals surface area contributed by atoms with Crippen LogP contribution in [0.2, 0.25) is 0 Å². The van der Waals surface area contributed by atoms with Crippen LogP contribution in [0.25, 0.3) is 0 Å². The lowest BCUT2D eigenvalue weighted by molar-refractivity contribution is 0.286. The van der Waals surface area contributed by atoms with Crippen LogP contribution in [0.15, 0.2) is 12.3 Å². The van der Waals surface area contributed by atoms with Crippen molar-refractivity contribution in [3.8, 4) is 0 Å².